The van der Waals surface area contributed by atoms with Crippen molar-refractivity contribution in [2.45, 2.75) is 32.5 Å². The number of ether oxygens (including phenoxy) is 2. The molecule has 0 saturated carbocycles. The smallest absolute Gasteiger partial charge is 0.316 e. The molecule has 1 aliphatic heterocycles. The quantitative estimate of drug-likeness (QED) is 0.831. The minimum Gasteiger partial charge on any atom is -0.458 e. The highest BCUT2D eigenvalue weighted by Gasteiger charge is 2.24. The Balaban J connectivity index is 1.62. The van der Waals surface area contributed by atoms with Crippen molar-refractivity contribution in [3.05, 3.63) is 23.8 Å². The Morgan fingerprint density at radius 1 is 1.36 bits per heavy atom. The van der Waals surface area contributed by atoms with Gasteiger partial charge in [-0.3, -0.25) is 0 Å². The van der Waals surface area contributed by atoms with Crippen LogP contribution in [0, 0.1) is 6.92 Å². The van der Waals surface area contributed by atoms with Crippen LogP contribution >= 0.6 is 11.5 Å². The maximum atomic E-state index is 5.88. The van der Waals surface area contributed by atoms with Crippen molar-refractivity contribution in [1.29, 1.82) is 0 Å². The molecule has 0 radical (unpaired) electrons. The average molecular weight is 321 g/mol. The molecule has 0 amide bonds. The third-order valence-electron chi connectivity index (χ3n) is 3.41. The Labute approximate surface area is 133 Å². The first-order chi connectivity index (χ1) is 10.7. The fourth-order valence-electron chi connectivity index (χ4n) is 2.36. The highest BCUT2D eigenvalue weighted by molar-refractivity contribution is 7.09. The van der Waals surface area contributed by atoms with E-state index in [1.165, 1.54) is 11.5 Å². The van der Waals surface area contributed by atoms with E-state index in [2.05, 4.69) is 24.2 Å². The molecule has 0 aromatic carbocycles. The standard InChI is InChI=1S/C14H19N5O2S/c1-10-6-15-13(16-7-10)21-11-4-3-5-19(8-11)14-17-12(9-20-2)18-22-14/h6-7,11H,3-5,8-9H2,1-2H3. The van der Waals surface area contributed by atoms with Gasteiger partial charge >= 0.3 is 6.01 Å². The van der Waals surface area contributed by atoms with E-state index >= 15 is 0 Å². The summed E-state index contributed by atoms with van der Waals surface area (Å²) in [6, 6.07) is 0.440. The number of rotatable bonds is 5. The second kappa shape index (κ2) is 6.97. The van der Waals surface area contributed by atoms with Gasteiger partial charge in [0.25, 0.3) is 0 Å². The summed E-state index contributed by atoms with van der Waals surface area (Å²) in [4.78, 5) is 15.1. The molecule has 1 fully saturated rings. The number of piperidine rings is 1. The summed E-state index contributed by atoms with van der Waals surface area (Å²) in [5, 5.41) is 0.921. The molecule has 0 spiro atoms. The molecule has 0 bridgehead atoms. The summed E-state index contributed by atoms with van der Waals surface area (Å²) in [6.45, 7) is 4.15. The Bertz CT molecular complexity index is 604. The van der Waals surface area contributed by atoms with Gasteiger partial charge in [-0.15, -0.1) is 0 Å². The van der Waals surface area contributed by atoms with Crippen molar-refractivity contribution >= 4 is 16.7 Å². The van der Waals surface area contributed by atoms with Gasteiger partial charge in [0.1, 0.15) is 12.7 Å². The predicted molar refractivity (Wildman–Crippen MR) is 83.3 cm³/mol. The molecule has 0 aliphatic carbocycles. The fourth-order valence-corrected chi connectivity index (χ4v) is 3.07. The van der Waals surface area contributed by atoms with Crippen LogP contribution in [0.4, 0.5) is 5.13 Å². The molecule has 2 aromatic rings. The Hall–Kier alpha value is -1.80. The SMILES string of the molecule is COCc1nsc(N2CCCC(Oc3ncc(C)cn3)C2)n1. The van der Waals surface area contributed by atoms with Gasteiger partial charge in [-0.2, -0.15) is 4.37 Å². The van der Waals surface area contributed by atoms with Crippen LogP contribution < -0.4 is 9.64 Å². The minimum absolute atomic E-state index is 0.0752. The van der Waals surface area contributed by atoms with Gasteiger partial charge in [-0.25, -0.2) is 15.0 Å². The largest absolute Gasteiger partial charge is 0.458 e. The second-order valence-electron chi connectivity index (χ2n) is 5.30. The van der Waals surface area contributed by atoms with Crippen LogP contribution in [-0.4, -0.2) is 45.6 Å². The maximum Gasteiger partial charge on any atom is 0.316 e. The topological polar surface area (TPSA) is 73.3 Å². The fraction of sp³-hybridized carbons (Fsp3) is 0.571. The number of aromatic nitrogens is 4. The lowest BCUT2D eigenvalue weighted by molar-refractivity contribution is 0.164. The molecule has 1 unspecified atom stereocenters. The lowest BCUT2D eigenvalue weighted by Gasteiger charge is -2.31. The van der Waals surface area contributed by atoms with Gasteiger partial charge in [0.2, 0.25) is 5.13 Å². The van der Waals surface area contributed by atoms with Crippen molar-refractivity contribution in [1.82, 2.24) is 19.3 Å². The van der Waals surface area contributed by atoms with Gasteiger partial charge in [0, 0.05) is 37.6 Å². The number of hydrogen-bond donors (Lipinski definition) is 0. The van der Waals surface area contributed by atoms with Crippen LogP contribution in [0.15, 0.2) is 12.4 Å². The van der Waals surface area contributed by atoms with E-state index in [1.807, 2.05) is 6.92 Å². The van der Waals surface area contributed by atoms with Gasteiger partial charge in [0.05, 0.1) is 6.54 Å². The zero-order valence-electron chi connectivity index (χ0n) is 12.7. The predicted octanol–water partition coefficient (Wildman–Crippen LogP) is 1.83. The number of anilines is 1. The van der Waals surface area contributed by atoms with Crippen LogP contribution in [0.1, 0.15) is 24.2 Å². The highest BCUT2D eigenvalue weighted by Crippen LogP contribution is 2.23. The van der Waals surface area contributed by atoms with E-state index in [4.69, 9.17) is 9.47 Å². The van der Waals surface area contributed by atoms with Gasteiger partial charge in [0.15, 0.2) is 5.82 Å². The first-order valence-electron chi connectivity index (χ1n) is 7.26. The van der Waals surface area contributed by atoms with Gasteiger partial charge in [-0.05, 0) is 25.3 Å². The Morgan fingerprint density at radius 2 is 2.18 bits per heavy atom. The van der Waals surface area contributed by atoms with E-state index in [0.29, 0.717) is 12.6 Å². The van der Waals surface area contributed by atoms with Crippen molar-refractivity contribution in [2.75, 3.05) is 25.1 Å². The highest BCUT2D eigenvalue weighted by atomic mass is 32.1. The van der Waals surface area contributed by atoms with E-state index < -0.39 is 0 Å². The third-order valence-corrected chi connectivity index (χ3v) is 4.22. The minimum atomic E-state index is 0.0752. The first-order valence-corrected chi connectivity index (χ1v) is 8.03. The molecular weight excluding hydrogens is 302 g/mol. The summed E-state index contributed by atoms with van der Waals surface area (Å²) in [6.07, 6.45) is 5.66. The Morgan fingerprint density at radius 3 is 2.95 bits per heavy atom. The van der Waals surface area contributed by atoms with Gasteiger partial charge in [-0.1, -0.05) is 0 Å². The van der Waals surface area contributed by atoms with Crippen molar-refractivity contribution in [3.63, 3.8) is 0 Å². The summed E-state index contributed by atoms with van der Waals surface area (Å²) in [7, 11) is 1.65. The summed E-state index contributed by atoms with van der Waals surface area (Å²) in [5.74, 6) is 0.729. The zero-order chi connectivity index (χ0) is 15.4. The normalized spacial score (nSPS) is 18.5. The van der Waals surface area contributed by atoms with Crippen molar-refractivity contribution < 1.29 is 9.47 Å². The lowest BCUT2D eigenvalue weighted by atomic mass is 10.1. The molecule has 1 aliphatic rings. The molecule has 118 valence electrons. The van der Waals surface area contributed by atoms with E-state index in [0.717, 1.165) is 42.5 Å². The Kier molecular flexibility index (Phi) is 4.79. The van der Waals surface area contributed by atoms with E-state index in [-0.39, 0.29) is 6.10 Å². The van der Waals surface area contributed by atoms with Crippen LogP contribution in [0.5, 0.6) is 6.01 Å². The lowest BCUT2D eigenvalue weighted by Crippen LogP contribution is -2.41. The number of methoxy groups -OCH3 is 1. The molecule has 3 heterocycles. The monoisotopic (exact) mass is 321 g/mol. The van der Waals surface area contributed by atoms with E-state index in [1.54, 1.807) is 19.5 Å². The second-order valence-corrected chi connectivity index (χ2v) is 6.03. The van der Waals surface area contributed by atoms with Crippen LogP contribution in [0.3, 0.4) is 0 Å². The molecular formula is C14H19N5O2S. The van der Waals surface area contributed by atoms with Crippen LogP contribution in [0.25, 0.3) is 0 Å². The molecule has 1 atom stereocenters. The molecule has 22 heavy (non-hydrogen) atoms. The number of aryl methyl sites for hydroxylation is 1. The summed E-state index contributed by atoms with van der Waals surface area (Å²) in [5.41, 5.74) is 1.03. The molecule has 8 heteroatoms. The number of hydrogen-bond acceptors (Lipinski definition) is 8. The van der Waals surface area contributed by atoms with Crippen LogP contribution in [-0.2, 0) is 11.3 Å². The number of nitrogens with zero attached hydrogens (tertiary/aromatic N) is 5. The average Bonchev–Trinajstić information content (AvgIpc) is 2.99. The molecule has 0 N–H and O–H groups in total. The van der Waals surface area contributed by atoms with Crippen LogP contribution in [0.2, 0.25) is 0 Å². The van der Waals surface area contributed by atoms with E-state index in [9.17, 15) is 0 Å². The van der Waals surface area contributed by atoms with Crippen molar-refractivity contribution in [2.24, 2.45) is 0 Å². The van der Waals surface area contributed by atoms with Gasteiger partial charge < -0.3 is 14.4 Å². The molecule has 3 rings (SSSR count). The molecule has 2 aromatic heterocycles. The summed E-state index contributed by atoms with van der Waals surface area (Å²) >= 11 is 1.40. The van der Waals surface area contributed by atoms with Crippen molar-refractivity contribution in [3.8, 4) is 6.01 Å². The first kappa shape index (κ1) is 15.1. The third kappa shape index (κ3) is 3.69. The zero-order valence-corrected chi connectivity index (χ0v) is 13.5. The molecule has 1 saturated heterocycles. The molecule has 7 nitrogen and oxygen atoms in total. The maximum absolute atomic E-state index is 5.88. The summed E-state index contributed by atoms with van der Waals surface area (Å²) < 4.78 is 15.2.